The summed E-state index contributed by atoms with van der Waals surface area (Å²) in [6.45, 7) is 2.71. The lowest BCUT2D eigenvalue weighted by Gasteiger charge is -2.19. The van der Waals surface area contributed by atoms with Crippen LogP contribution in [0.5, 0.6) is 0 Å². The third kappa shape index (κ3) is 2.72. The highest BCUT2D eigenvalue weighted by Crippen LogP contribution is 2.37. The molecular formula is C17H15BrClNO. The summed E-state index contributed by atoms with van der Waals surface area (Å²) >= 11 is 10.1. The molecule has 2 aromatic carbocycles. The first-order chi connectivity index (χ1) is 10.1. The van der Waals surface area contributed by atoms with Crippen molar-refractivity contribution in [2.24, 2.45) is 0 Å². The number of rotatable bonds is 2. The summed E-state index contributed by atoms with van der Waals surface area (Å²) in [7, 11) is 0. The highest BCUT2D eigenvalue weighted by atomic mass is 79.9. The third-order valence-corrected chi connectivity index (χ3v) is 5.38. The van der Waals surface area contributed by atoms with Crippen LogP contribution in [0.15, 0.2) is 36.4 Å². The average molecular weight is 365 g/mol. The predicted molar refractivity (Wildman–Crippen MR) is 89.4 cm³/mol. The summed E-state index contributed by atoms with van der Waals surface area (Å²) < 4.78 is 0. The molecule has 0 saturated carbocycles. The summed E-state index contributed by atoms with van der Waals surface area (Å²) in [5, 5.41) is 3.65. The molecule has 4 heteroatoms. The summed E-state index contributed by atoms with van der Waals surface area (Å²) in [5.74, 6) is 0.00754. The smallest absolute Gasteiger partial charge is 0.251 e. The molecule has 1 aliphatic rings. The van der Waals surface area contributed by atoms with Gasteiger partial charge in [0.15, 0.2) is 0 Å². The maximum Gasteiger partial charge on any atom is 0.251 e. The van der Waals surface area contributed by atoms with E-state index in [0.717, 1.165) is 39.3 Å². The number of hydrogen-bond acceptors (Lipinski definition) is 1. The summed E-state index contributed by atoms with van der Waals surface area (Å²) in [4.78, 5) is 11.9. The van der Waals surface area contributed by atoms with E-state index in [4.69, 9.17) is 11.6 Å². The van der Waals surface area contributed by atoms with Crippen LogP contribution in [-0.4, -0.2) is 12.5 Å². The van der Waals surface area contributed by atoms with Crippen molar-refractivity contribution in [2.75, 3.05) is 6.54 Å². The van der Waals surface area contributed by atoms with Crippen molar-refractivity contribution >= 4 is 33.4 Å². The second-order valence-corrected chi connectivity index (χ2v) is 6.56. The Morgan fingerprint density at radius 2 is 2.10 bits per heavy atom. The lowest BCUT2D eigenvalue weighted by Crippen LogP contribution is -2.31. The van der Waals surface area contributed by atoms with Crippen LogP contribution in [0.3, 0.4) is 0 Å². The number of carbonyl (C=O) groups excluding carboxylic acids is 1. The van der Waals surface area contributed by atoms with E-state index in [1.165, 1.54) is 0 Å². The Morgan fingerprint density at radius 3 is 2.90 bits per heavy atom. The second-order valence-electron chi connectivity index (χ2n) is 5.26. The molecule has 0 spiro atoms. The number of carbonyl (C=O) groups is 1. The number of benzene rings is 2. The van der Waals surface area contributed by atoms with E-state index < -0.39 is 0 Å². The molecule has 1 aliphatic heterocycles. The zero-order valence-corrected chi connectivity index (χ0v) is 14.0. The fourth-order valence-corrected chi connectivity index (χ4v) is 3.67. The first kappa shape index (κ1) is 14.6. The molecule has 1 N–H and O–H groups in total. The van der Waals surface area contributed by atoms with Crippen LogP contribution >= 0.6 is 27.5 Å². The van der Waals surface area contributed by atoms with Gasteiger partial charge in [0.2, 0.25) is 0 Å². The van der Waals surface area contributed by atoms with E-state index in [1.807, 2.05) is 37.3 Å². The number of aryl methyl sites for hydroxylation is 1. The van der Waals surface area contributed by atoms with Gasteiger partial charge in [0.05, 0.1) is 4.83 Å². The Labute approximate surface area is 137 Å². The minimum Gasteiger partial charge on any atom is -0.352 e. The van der Waals surface area contributed by atoms with Crippen molar-refractivity contribution in [2.45, 2.75) is 18.2 Å². The lowest BCUT2D eigenvalue weighted by atomic mass is 9.95. The van der Waals surface area contributed by atoms with Gasteiger partial charge in [0.25, 0.3) is 5.91 Å². The van der Waals surface area contributed by atoms with Crippen molar-refractivity contribution in [3.05, 3.63) is 69.2 Å². The Morgan fingerprint density at radius 1 is 1.29 bits per heavy atom. The Hall–Kier alpha value is -1.32. The number of halogens is 2. The zero-order valence-electron chi connectivity index (χ0n) is 11.6. The van der Waals surface area contributed by atoms with E-state index in [-0.39, 0.29) is 10.7 Å². The Balaban J connectivity index is 2.02. The van der Waals surface area contributed by atoms with Crippen LogP contribution in [0.1, 0.15) is 37.4 Å². The number of alkyl halides is 1. The largest absolute Gasteiger partial charge is 0.352 e. The summed E-state index contributed by atoms with van der Waals surface area (Å²) in [6.07, 6.45) is 0.888. The molecule has 2 nitrogen and oxygen atoms in total. The molecule has 0 fully saturated rings. The zero-order chi connectivity index (χ0) is 15.0. The first-order valence-electron chi connectivity index (χ1n) is 6.88. The fraction of sp³-hybridized carbons (Fsp3) is 0.235. The van der Waals surface area contributed by atoms with Crippen LogP contribution in [0.2, 0.25) is 5.02 Å². The van der Waals surface area contributed by atoms with Gasteiger partial charge in [-0.15, -0.1) is 0 Å². The Kier molecular flexibility index (Phi) is 4.05. The molecule has 21 heavy (non-hydrogen) atoms. The average Bonchev–Trinajstić information content (AvgIpc) is 2.49. The molecule has 1 heterocycles. The number of fused-ring (bicyclic) bond motifs is 1. The topological polar surface area (TPSA) is 29.1 Å². The molecule has 0 aromatic heterocycles. The maximum atomic E-state index is 12.0. The van der Waals surface area contributed by atoms with Gasteiger partial charge in [-0.1, -0.05) is 57.9 Å². The monoisotopic (exact) mass is 363 g/mol. The van der Waals surface area contributed by atoms with Gasteiger partial charge in [-0.05, 0) is 41.7 Å². The van der Waals surface area contributed by atoms with Gasteiger partial charge in [0.1, 0.15) is 0 Å². The van der Waals surface area contributed by atoms with Crippen LogP contribution in [-0.2, 0) is 6.42 Å². The number of amides is 1. The molecule has 0 bridgehead atoms. The molecule has 108 valence electrons. The molecule has 0 aliphatic carbocycles. The molecule has 1 atom stereocenters. The van der Waals surface area contributed by atoms with Gasteiger partial charge in [-0.25, -0.2) is 0 Å². The highest BCUT2D eigenvalue weighted by Gasteiger charge is 2.20. The number of nitrogens with one attached hydrogen (secondary N) is 1. The van der Waals surface area contributed by atoms with Crippen LogP contribution < -0.4 is 5.32 Å². The van der Waals surface area contributed by atoms with Crippen molar-refractivity contribution in [3.8, 4) is 0 Å². The van der Waals surface area contributed by atoms with Crippen molar-refractivity contribution in [3.63, 3.8) is 0 Å². The molecule has 0 saturated heterocycles. The van der Waals surface area contributed by atoms with Gasteiger partial charge in [-0.2, -0.15) is 0 Å². The van der Waals surface area contributed by atoms with E-state index in [2.05, 4.69) is 27.3 Å². The molecule has 1 amide bonds. The van der Waals surface area contributed by atoms with Crippen LogP contribution in [0.25, 0.3) is 0 Å². The first-order valence-corrected chi connectivity index (χ1v) is 8.17. The van der Waals surface area contributed by atoms with Gasteiger partial charge in [-0.3, -0.25) is 4.79 Å². The quantitative estimate of drug-likeness (QED) is 0.785. The molecule has 0 radical (unpaired) electrons. The molecule has 2 aromatic rings. The van der Waals surface area contributed by atoms with E-state index in [0.29, 0.717) is 6.54 Å². The van der Waals surface area contributed by atoms with Crippen LogP contribution in [0, 0.1) is 6.92 Å². The number of hydrogen-bond donors (Lipinski definition) is 1. The van der Waals surface area contributed by atoms with Gasteiger partial charge in [0, 0.05) is 17.1 Å². The summed E-state index contributed by atoms with van der Waals surface area (Å²) in [5.41, 5.74) is 4.99. The van der Waals surface area contributed by atoms with E-state index in [9.17, 15) is 4.79 Å². The predicted octanol–water partition coefficient (Wildman–Crippen LogP) is 4.42. The van der Waals surface area contributed by atoms with Crippen molar-refractivity contribution in [1.29, 1.82) is 0 Å². The molecule has 1 unspecified atom stereocenters. The molecular weight excluding hydrogens is 350 g/mol. The molecule has 3 rings (SSSR count). The summed E-state index contributed by atoms with van der Waals surface area (Å²) in [6, 6.07) is 12.1. The van der Waals surface area contributed by atoms with Crippen LogP contribution in [0.4, 0.5) is 0 Å². The van der Waals surface area contributed by atoms with E-state index in [1.54, 1.807) is 0 Å². The normalized spacial score (nSPS) is 15.3. The van der Waals surface area contributed by atoms with Gasteiger partial charge >= 0.3 is 0 Å². The maximum absolute atomic E-state index is 12.0. The highest BCUT2D eigenvalue weighted by molar-refractivity contribution is 9.09. The van der Waals surface area contributed by atoms with Gasteiger partial charge < -0.3 is 5.32 Å². The lowest BCUT2D eigenvalue weighted by molar-refractivity contribution is 0.0946. The van der Waals surface area contributed by atoms with Crippen molar-refractivity contribution in [1.82, 2.24) is 5.32 Å². The Bertz CT molecular complexity index is 714. The fourth-order valence-electron chi connectivity index (χ4n) is 2.63. The minimum atomic E-state index is -0.0232. The second kappa shape index (κ2) is 5.82. The van der Waals surface area contributed by atoms with Crippen molar-refractivity contribution < 1.29 is 4.79 Å². The minimum absolute atomic E-state index is 0.00754. The SMILES string of the molecule is Cc1cccc(C(Br)c2ccc3c(c2)C(=O)NCC3)c1Cl. The standard InChI is InChI=1S/C17H15BrClNO/c1-10-3-2-4-13(16(10)19)15(18)12-6-5-11-7-8-20-17(21)14(11)9-12/h2-6,9,15H,7-8H2,1H3,(H,20,21). The third-order valence-electron chi connectivity index (χ3n) is 3.85. The van der Waals surface area contributed by atoms with E-state index >= 15 is 0 Å².